The quantitative estimate of drug-likeness (QED) is 0.826. The summed E-state index contributed by atoms with van der Waals surface area (Å²) < 4.78 is 0. The van der Waals surface area contributed by atoms with Crippen LogP contribution in [0.15, 0.2) is 24.3 Å². The van der Waals surface area contributed by atoms with E-state index in [2.05, 4.69) is 21.9 Å². The van der Waals surface area contributed by atoms with Gasteiger partial charge in [0, 0.05) is 31.4 Å². The molecule has 1 atom stereocenters. The molecule has 3 nitrogen and oxygen atoms in total. The van der Waals surface area contributed by atoms with E-state index in [1.807, 2.05) is 12.1 Å². The zero-order valence-electron chi connectivity index (χ0n) is 11.0. The van der Waals surface area contributed by atoms with Crippen LogP contribution in [-0.4, -0.2) is 42.0 Å². The predicted octanol–water partition coefficient (Wildman–Crippen LogP) is 1.94. The molecule has 2 aliphatic heterocycles. The Labute approximate surface area is 110 Å². The first-order valence-corrected chi connectivity index (χ1v) is 7.13. The summed E-state index contributed by atoms with van der Waals surface area (Å²) in [5, 5.41) is 0. The maximum Gasteiger partial charge on any atom is 0.0359 e. The van der Waals surface area contributed by atoms with Crippen LogP contribution in [0.25, 0.3) is 0 Å². The van der Waals surface area contributed by atoms with Gasteiger partial charge >= 0.3 is 0 Å². The molecule has 18 heavy (non-hydrogen) atoms. The summed E-state index contributed by atoms with van der Waals surface area (Å²) in [4.78, 5) is 5.23. The van der Waals surface area contributed by atoms with E-state index in [0.717, 1.165) is 18.3 Å². The van der Waals surface area contributed by atoms with Crippen molar-refractivity contribution < 1.29 is 0 Å². The van der Waals surface area contributed by atoms with Crippen LogP contribution in [0.3, 0.4) is 0 Å². The smallest absolute Gasteiger partial charge is 0.0359 e. The first-order valence-electron chi connectivity index (χ1n) is 7.13. The lowest BCUT2D eigenvalue weighted by Crippen LogP contribution is -2.35. The van der Waals surface area contributed by atoms with Crippen molar-refractivity contribution >= 4 is 5.69 Å². The van der Waals surface area contributed by atoms with Gasteiger partial charge in [-0.25, -0.2) is 0 Å². The van der Waals surface area contributed by atoms with Crippen LogP contribution < -0.4 is 5.73 Å². The molecule has 98 valence electrons. The second-order valence-electron chi connectivity index (χ2n) is 5.62. The fourth-order valence-corrected chi connectivity index (χ4v) is 3.28. The molecule has 0 bridgehead atoms. The molecule has 2 heterocycles. The van der Waals surface area contributed by atoms with Gasteiger partial charge in [0.2, 0.25) is 0 Å². The van der Waals surface area contributed by atoms with Crippen LogP contribution in [0.5, 0.6) is 0 Å². The van der Waals surface area contributed by atoms with Crippen LogP contribution in [0.2, 0.25) is 0 Å². The van der Waals surface area contributed by atoms with Gasteiger partial charge in [-0.2, -0.15) is 0 Å². The van der Waals surface area contributed by atoms with E-state index in [4.69, 9.17) is 5.73 Å². The fourth-order valence-electron chi connectivity index (χ4n) is 3.28. The summed E-state index contributed by atoms with van der Waals surface area (Å²) >= 11 is 0. The number of nitrogens with zero attached hydrogens (tertiary/aromatic N) is 2. The fraction of sp³-hybridized carbons (Fsp3) is 0.600. The number of hydrogen-bond acceptors (Lipinski definition) is 3. The molecule has 0 saturated carbocycles. The average molecular weight is 245 g/mol. The number of nitrogen functional groups attached to an aromatic ring is 1. The molecule has 2 N–H and O–H groups in total. The molecule has 0 aromatic heterocycles. The molecule has 1 aromatic carbocycles. The molecule has 1 unspecified atom stereocenters. The number of anilines is 1. The summed E-state index contributed by atoms with van der Waals surface area (Å²) in [5.74, 6) is 0. The summed E-state index contributed by atoms with van der Waals surface area (Å²) in [6.45, 7) is 6.07. The Bertz CT molecular complexity index is 398. The van der Waals surface area contributed by atoms with Crippen molar-refractivity contribution in [2.75, 3.05) is 31.9 Å². The maximum absolute atomic E-state index is 6.02. The molecule has 0 radical (unpaired) electrons. The highest BCUT2D eigenvalue weighted by molar-refractivity contribution is 5.46. The van der Waals surface area contributed by atoms with E-state index in [-0.39, 0.29) is 0 Å². The van der Waals surface area contributed by atoms with Crippen LogP contribution in [0.1, 0.15) is 24.8 Å². The molecule has 3 rings (SSSR count). The van der Waals surface area contributed by atoms with Crippen LogP contribution >= 0.6 is 0 Å². The van der Waals surface area contributed by atoms with Crippen molar-refractivity contribution in [1.29, 1.82) is 0 Å². The first-order chi connectivity index (χ1) is 8.83. The van der Waals surface area contributed by atoms with Crippen molar-refractivity contribution in [3.05, 3.63) is 29.8 Å². The van der Waals surface area contributed by atoms with Crippen LogP contribution in [0, 0.1) is 0 Å². The van der Waals surface area contributed by atoms with Crippen LogP contribution in [0.4, 0.5) is 5.69 Å². The Hall–Kier alpha value is -1.06. The molecule has 0 amide bonds. The summed E-state index contributed by atoms with van der Waals surface area (Å²) in [6.07, 6.45) is 4.11. The predicted molar refractivity (Wildman–Crippen MR) is 75.3 cm³/mol. The molecule has 0 aliphatic carbocycles. The summed E-state index contributed by atoms with van der Waals surface area (Å²) in [6, 6.07) is 9.04. The van der Waals surface area contributed by atoms with Crippen molar-refractivity contribution in [2.45, 2.75) is 31.8 Å². The number of hydrogen-bond donors (Lipinski definition) is 1. The summed E-state index contributed by atoms with van der Waals surface area (Å²) in [7, 11) is 0. The Morgan fingerprint density at radius 2 is 1.89 bits per heavy atom. The van der Waals surface area contributed by atoms with E-state index in [1.165, 1.54) is 51.0 Å². The third-order valence-corrected chi connectivity index (χ3v) is 4.35. The molecular weight excluding hydrogens is 222 g/mol. The Kier molecular flexibility index (Phi) is 3.52. The van der Waals surface area contributed by atoms with Crippen LogP contribution in [-0.2, 0) is 6.54 Å². The Morgan fingerprint density at radius 1 is 1.11 bits per heavy atom. The van der Waals surface area contributed by atoms with Gasteiger partial charge in [0.25, 0.3) is 0 Å². The zero-order chi connectivity index (χ0) is 12.4. The average Bonchev–Trinajstić information content (AvgIpc) is 3.02. The second kappa shape index (κ2) is 5.29. The van der Waals surface area contributed by atoms with Gasteiger partial charge in [0.15, 0.2) is 0 Å². The number of benzene rings is 1. The SMILES string of the molecule is Nc1ccccc1CN1CCC(N2CCCC2)C1. The van der Waals surface area contributed by atoms with Gasteiger partial charge in [0.05, 0.1) is 0 Å². The van der Waals surface area contributed by atoms with Gasteiger partial charge in [-0.3, -0.25) is 9.80 Å². The minimum Gasteiger partial charge on any atom is -0.398 e. The lowest BCUT2D eigenvalue weighted by molar-refractivity contribution is 0.230. The minimum absolute atomic E-state index is 0.789. The highest BCUT2D eigenvalue weighted by Gasteiger charge is 2.29. The van der Waals surface area contributed by atoms with E-state index < -0.39 is 0 Å². The van der Waals surface area contributed by atoms with Gasteiger partial charge < -0.3 is 5.73 Å². The maximum atomic E-state index is 6.02. The Morgan fingerprint density at radius 3 is 2.67 bits per heavy atom. The third kappa shape index (κ3) is 2.52. The van der Waals surface area contributed by atoms with E-state index in [9.17, 15) is 0 Å². The number of rotatable bonds is 3. The first kappa shape index (κ1) is 12.0. The molecule has 1 aromatic rings. The Balaban J connectivity index is 1.57. The van der Waals surface area contributed by atoms with Crippen molar-refractivity contribution in [1.82, 2.24) is 9.80 Å². The van der Waals surface area contributed by atoms with Gasteiger partial charge in [0.1, 0.15) is 0 Å². The monoisotopic (exact) mass is 245 g/mol. The second-order valence-corrected chi connectivity index (χ2v) is 5.62. The van der Waals surface area contributed by atoms with Gasteiger partial charge in [-0.1, -0.05) is 18.2 Å². The normalized spacial score (nSPS) is 25.9. The molecule has 0 spiro atoms. The molecule has 2 fully saturated rings. The van der Waals surface area contributed by atoms with E-state index in [1.54, 1.807) is 0 Å². The van der Waals surface area contributed by atoms with Crippen molar-refractivity contribution in [2.24, 2.45) is 0 Å². The largest absolute Gasteiger partial charge is 0.398 e. The van der Waals surface area contributed by atoms with E-state index in [0.29, 0.717) is 0 Å². The number of nitrogens with two attached hydrogens (primary N) is 1. The highest BCUT2D eigenvalue weighted by Crippen LogP contribution is 2.23. The minimum atomic E-state index is 0.789. The molecule has 2 aliphatic rings. The zero-order valence-corrected chi connectivity index (χ0v) is 11.0. The van der Waals surface area contributed by atoms with Gasteiger partial charge in [-0.05, 0) is 44.0 Å². The molecular formula is C15H23N3. The lowest BCUT2D eigenvalue weighted by atomic mass is 10.2. The van der Waals surface area contributed by atoms with Crippen molar-refractivity contribution in [3.8, 4) is 0 Å². The number of para-hydroxylation sites is 1. The highest BCUT2D eigenvalue weighted by atomic mass is 15.3. The lowest BCUT2D eigenvalue weighted by Gasteiger charge is -2.24. The number of likely N-dealkylation sites (tertiary alicyclic amines) is 2. The standard InChI is InChI=1S/C15H23N3/c16-15-6-2-1-5-13(15)11-17-10-7-14(12-17)18-8-3-4-9-18/h1-2,5-6,14H,3-4,7-12,16H2. The van der Waals surface area contributed by atoms with E-state index >= 15 is 0 Å². The molecule has 2 saturated heterocycles. The molecule has 3 heteroatoms. The third-order valence-electron chi connectivity index (χ3n) is 4.35. The van der Waals surface area contributed by atoms with Crippen molar-refractivity contribution in [3.63, 3.8) is 0 Å². The van der Waals surface area contributed by atoms with Gasteiger partial charge in [-0.15, -0.1) is 0 Å². The topological polar surface area (TPSA) is 32.5 Å². The summed E-state index contributed by atoms with van der Waals surface area (Å²) in [5.41, 5.74) is 8.23.